The molecular weight excluding hydrogens is 356 g/mol. The molecule has 8 nitrogen and oxygen atoms in total. The van der Waals surface area contributed by atoms with Crippen molar-refractivity contribution in [2.45, 2.75) is 66.1 Å². The summed E-state index contributed by atoms with van der Waals surface area (Å²) < 4.78 is 0. The molecule has 1 aromatic heterocycles. The molecule has 0 aromatic carbocycles. The van der Waals surface area contributed by atoms with Crippen molar-refractivity contribution in [1.82, 2.24) is 25.5 Å². The highest BCUT2D eigenvalue weighted by molar-refractivity contribution is 5.81. The quantitative estimate of drug-likeness (QED) is 0.627. The van der Waals surface area contributed by atoms with Crippen molar-refractivity contribution in [3.05, 3.63) is 17.6 Å². The van der Waals surface area contributed by atoms with E-state index in [2.05, 4.69) is 34.4 Å². The number of amides is 2. The van der Waals surface area contributed by atoms with Crippen molar-refractivity contribution in [1.29, 1.82) is 0 Å². The number of hydrogen-bond acceptors (Lipinski definition) is 6. The smallest absolute Gasteiger partial charge is 0.239 e. The van der Waals surface area contributed by atoms with Gasteiger partial charge in [-0.05, 0) is 40.7 Å². The molecule has 0 aliphatic carbocycles. The van der Waals surface area contributed by atoms with Gasteiger partial charge >= 0.3 is 0 Å². The molecule has 2 N–H and O–H groups in total. The maximum absolute atomic E-state index is 12.1. The van der Waals surface area contributed by atoms with E-state index in [4.69, 9.17) is 0 Å². The highest BCUT2D eigenvalue weighted by Crippen LogP contribution is 2.18. The van der Waals surface area contributed by atoms with Crippen LogP contribution in [0.2, 0.25) is 0 Å². The third kappa shape index (κ3) is 8.65. The molecule has 0 unspecified atom stereocenters. The molecule has 1 heterocycles. The standard InChI is InChI=1S/C20H36N6O2/c1-13(2)16-9-18(26(8)12-20(28)22-15(5)6)24-17(23-16)10-25(7)11-19(27)21-14(3)4/h9,13-15H,10-12H2,1-8H3,(H,21,27)(H,22,28). The van der Waals surface area contributed by atoms with E-state index in [-0.39, 0.29) is 42.9 Å². The fraction of sp³-hybridized carbons (Fsp3) is 0.700. The average Bonchev–Trinajstić information content (AvgIpc) is 2.52. The monoisotopic (exact) mass is 392 g/mol. The second kappa shape index (κ2) is 10.9. The van der Waals surface area contributed by atoms with Gasteiger partial charge in [-0.25, -0.2) is 9.97 Å². The fourth-order valence-electron chi connectivity index (χ4n) is 2.64. The van der Waals surface area contributed by atoms with E-state index in [1.807, 2.05) is 57.7 Å². The molecular formula is C20H36N6O2. The molecule has 0 bridgehead atoms. The highest BCUT2D eigenvalue weighted by atomic mass is 16.2. The summed E-state index contributed by atoms with van der Waals surface area (Å²) in [5.74, 6) is 1.49. The summed E-state index contributed by atoms with van der Waals surface area (Å²) in [6.45, 7) is 12.8. The van der Waals surface area contributed by atoms with Crippen LogP contribution in [-0.4, -0.2) is 66.0 Å². The highest BCUT2D eigenvalue weighted by Gasteiger charge is 2.16. The molecule has 0 aliphatic rings. The number of carbonyl (C=O) groups is 2. The van der Waals surface area contributed by atoms with Gasteiger partial charge in [0.2, 0.25) is 11.8 Å². The lowest BCUT2D eigenvalue weighted by Crippen LogP contribution is -2.39. The topological polar surface area (TPSA) is 90.5 Å². The van der Waals surface area contributed by atoms with Crippen LogP contribution in [0.3, 0.4) is 0 Å². The largest absolute Gasteiger partial charge is 0.353 e. The third-order valence-corrected chi connectivity index (χ3v) is 3.87. The van der Waals surface area contributed by atoms with Crippen LogP contribution in [-0.2, 0) is 16.1 Å². The first-order valence-electron chi connectivity index (χ1n) is 9.84. The SMILES string of the molecule is CC(C)NC(=O)CN(C)Cc1nc(C(C)C)cc(N(C)CC(=O)NC(C)C)n1. The summed E-state index contributed by atoms with van der Waals surface area (Å²) in [5, 5.41) is 5.77. The first-order valence-corrected chi connectivity index (χ1v) is 9.84. The normalized spacial score (nSPS) is 11.4. The number of nitrogens with zero attached hydrogens (tertiary/aromatic N) is 4. The van der Waals surface area contributed by atoms with Gasteiger partial charge in [-0.3, -0.25) is 14.5 Å². The maximum Gasteiger partial charge on any atom is 0.239 e. The van der Waals surface area contributed by atoms with Crippen LogP contribution in [0.4, 0.5) is 5.82 Å². The predicted molar refractivity (Wildman–Crippen MR) is 112 cm³/mol. The lowest BCUT2D eigenvalue weighted by molar-refractivity contribution is -0.122. The lowest BCUT2D eigenvalue weighted by Gasteiger charge is -2.22. The Labute approximate surface area is 169 Å². The van der Waals surface area contributed by atoms with E-state index in [0.717, 1.165) is 5.69 Å². The molecule has 2 amide bonds. The third-order valence-electron chi connectivity index (χ3n) is 3.87. The van der Waals surface area contributed by atoms with Crippen molar-refractivity contribution in [3.63, 3.8) is 0 Å². The van der Waals surface area contributed by atoms with Crippen LogP contribution in [0.25, 0.3) is 0 Å². The van der Waals surface area contributed by atoms with E-state index in [9.17, 15) is 9.59 Å². The molecule has 0 radical (unpaired) electrons. The first-order chi connectivity index (χ1) is 13.0. The molecule has 0 saturated heterocycles. The van der Waals surface area contributed by atoms with Crippen LogP contribution in [0, 0.1) is 0 Å². The van der Waals surface area contributed by atoms with Crippen molar-refractivity contribution in [2.75, 3.05) is 32.1 Å². The molecule has 0 saturated carbocycles. The number of likely N-dealkylation sites (N-methyl/N-ethyl adjacent to an activating group) is 2. The summed E-state index contributed by atoms with van der Waals surface area (Å²) in [4.78, 5) is 37.0. The molecule has 0 atom stereocenters. The van der Waals surface area contributed by atoms with E-state index in [1.54, 1.807) is 0 Å². The number of aromatic nitrogens is 2. The van der Waals surface area contributed by atoms with Crippen molar-refractivity contribution in [2.24, 2.45) is 0 Å². The van der Waals surface area contributed by atoms with Gasteiger partial charge in [0, 0.05) is 30.9 Å². The van der Waals surface area contributed by atoms with Crippen LogP contribution in [0.15, 0.2) is 6.07 Å². The summed E-state index contributed by atoms with van der Waals surface area (Å²) in [5.41, 5.74) is 0.913. The minimum Gasteiger partial charge on any atom is -0.353 e. The number of anilines is 1. The average molecular weight is 393 g/mol. The van der Waals surface area contributed by atoms with E-state index in [0.29, 0.717) is 18.2 Å². The Hall–Kier alpha value is -2.22. The Kier molecular flexibility index (Phi) is 9.31. The summed E-state index contributed by atoms with van der Waals surface area (Å²) in [7, 11) is 3.71. The Morgan fingerprint density at radius 3 is 1.96 bits per heavy atom. The van der Waals surface area contributed by atoms with Gasteiger partial charge in [0.15, 0.2) is 0 Å². The number of nitrogens with one attached hydrogen (secondary N) is 2. The predicted octanol–water partition coefficient (Wildman–Crippen LogP) is 1.52. The second-order valence-electron chi connectivity index (χ2n) is 8.19. The van der Waals surface area contributed by atoms with Gasteiger partial charge in [0.1, 0.15) is 11.6 Å². The zero-order chi connectivity index (χ0) is 21.4. The van der Waals surface area contributed by atoms with Crippen LogP contribution in [0.5, 0.6) is 0 Å². The number of hydrogen-bond donors (Lipinski definition) is 2. The van der Waals surface area contributed by atoms with Crippen molar-refractivity contribution >= 4 is 17.6 Å². The molecule has 28 heavy (non-hydrogen) atoms. The van der Waals surface area contributed by atoms with Gasteiger partial charge in [-0.1, -0.05) is 13.8 Å². The van der Waals surface area contributed by atoms with Crippen molar-refractivity contribution < 1.29 is 9.59 Å². The summed E-state index contributed by atoms with van der Waals surface area (Å²) in [6.07, 6.45) is 0. The second-order valence-corrected chi connectivity index (χ2v) is 8.19. The van der Waals surface area contributed by atoms with Gasteiger partial charge in [0.05, 0.1) is 19.6 Å². The fourth-order valence-corrected chi connectivity index (χ4v) is 2.64. The first kappa shape index (κ1) is 23.8. The lowest BCUT2D eigenvalue weighted by atomic mass is 10.1. The van der Waals surface area contributed by atoms with Gasteiger partial charge in [-0.15, -0.1) is 0 Å². The minimum absolute atomic E-state index is 0.0276. The molecule has 0 spiro atoms. The zero-order valence-electron chi connectivity index (χ0n) is 18.5. The van der Waals surface area contributed by atoms with Gasteiger partial charge in [0.25, 0.3) is 0 Å². The number of rotatable bonds is 10. The zero-order valence-corrected chi connectivity index (χ0v) is 18.5. The maximum atomic E-state index is 12.1. The Balaban J connectivity index is 2.91. The molecule has 0 aliphatic heterocycles. The minimum atomic E-state index is -0.0498. The molecule has 1 aromatic rings. The molecule has 0 fully saturated rings. The molecule has 8 heteroatoms. The molecule has 1 rings (SSSR count). The number of carbonyl (C=O) groups excluding carboxylic acids is 2. The summed E-state index contributed by atoms with van der Waals surface area (Å²) >= 11 is 0. The van der Waals surface area contributed by atoms with Gasteiger partial charge in [-0.2, -0.15) is 0 Å². The van der Waals surface area contributed by atoms with Crippen LogP contribution in [0.1, 0.15) is 59.0 Å². The van der Waals surface area contributed by atoms with Crippen LogP contribution < -0.4 is 15.5 Å². The molecule has 158 valence electrons. The summed E-state index contributed by atoms with van der Waals surface area (Å²) in [6, 6.07) is 2.12. The van der Waals surface area contributed by atoms with Gasteiger partial charge < -0.3 is 15.5 Å². The Bertz CT molecular complexity index is 660. The van der Waals surface area contributed by atoms with E-state index >= 15 is 0 Å². The van der Waals surface area contributed by atoms with Crippen molar-refractivity contribution in [3.8, 4) is 0 Å². The Morgan fingerprint density at radius 2 is 1.46 bits per heavy atom. The van der Waals surface area contributed by atoms with E-state index in [1.165, 1.54) is 0 Å². The Morgan fingerprint density at radius 1 is 0.929 bits per heavy atom. The van der Waals surface area contributed by atoms with E-state index < -0.39 is 0 Å². The van der Waals surface area contributed by atoms with Crippen LogP contribution >= 0.6 is 0 Å².